The zero-order valence-corrected chi connectivity index (χ0v) is 15.8. The second-order valence-electron chi connectivity index (χ2n) is 6.11. The Labute approximate surface area is 146 Å². The van der Waals surface area contributed by atoms with Crippen molar-refractivity contribution in [2.75, 3.05) is 14.2 Å². The lowest BCUT2D eigenvalue weighted by molar-refractivity contribution is 0.386. The molecule has 0 unspecified atom stereocenters. The molecule has 0 atom stereocenters. The fourth-order valence-electron chi connectivity index (χ4n) is 2.47. The smallest absolute Gasteiger partial charge is 0.126 e. The first kappa shape index (κ1) is 19.9. The summed E-state index contributed by atoms with van der Waals surface area (Å²) < 4.78 is 11.0. The predicted octanol–water partition coefficient (Wildman–Crippen LogP) is 5.86. The summed E-state index contributed by atoms with van der Waals surface area (Å²) in [6, 6.07) is 3.69. The minimum Gasteiger partial charge on any atom is -0.508 e. The molecule has 3 nitrogen and oxygen atoms in total. The van der Waals surface area contributed by atoms with E-state index in [1.165, 1.54) is 11.1 Å². The Morgan fingerprint density at radius 3 is 2.08 bits per heavy atom. The normalized spacial score (nSPS) is 12.1. The highest BCUT2D eigenvalue weighted by Crippen LogP contribution is 2.33. The largest absolute Gasteiger partial charge is 0.508 e. The van der Waals surface area contributed by atoms with Crippen LogP contribution in [-0.4, -0.2) is 19.3 Å². The third-order valence-corrected chi connectivity index (χ3v) is 3.92. The predicted molar refractivity (Wildman–Crippen MR) is 102 cm³/mol. The molecule has 0 radical (unpaired) electrons. The van der Waals surface area contributed by atoms with E-state index < -0.39 is 0 Å². The topological polar surface area (TPSA) is 38.7 Å². The third kappa shape index (κ3) is 5.80. The molecule has 0 aliphatic rings. The summed E-state index contributed by atoms with van der Waals surface area (Å²) >= 11 is 0. The molecule has 0 aliphatic heterocycles. The number of hydrogen-bond acceptors (Lipinski definition) is 3. The fourth-order valence-corrected chi connectivity index (χ4v) is 2.47. The van der Waals surface area contributed by atoms with Gasteiger partial charge in [0.2, 0.25) is 0 Å². The maximum Gasteiger partial charge on any atom is 0.126 e. The molecule has 0 amide bonds. The summed E-state index contributed by atoms with van der Waals surface area (Å²) in [6.45, 7) is 8.19. The Morgan fingerprint density at radius 1 is 1.04 bits per heavy atom. The van der Waals surface area contributed by atoms with E-state index in [1.54, 1.807) is 27.2 Å². The SMILES string of the molecule is CC=C(O)c1cc(OC)c(C/C=C(\C)CCC=C(C)C)c(OC)c1. The Hall–Kier alpha value is -2.16. The highest BCUT2D eigenvalue weighted by molar-refractivity contribution is 5.64. The first-order valence-corrected chi connectivity index (χ1v) is 8.32. The van der Waals surface area contributed by atoms with Crippen molar-refractivity contribution in [1.29, 1.82) is 0 Å². The summed E-state index contributed by atoms with van der Waals surface area (Å²) in [5, 5.41) is 9.95. The number of methoxy groups -OCH3 is 2. The van der Waals surface area contributed by atoms with E-state index in [-0.39, 0.29) is 5.76 Å². The van der Waals surface area contributed by atoms with Gasteiger partial charge in [-0.05, 0) is 65.2 Å². The lowest BCUT2D eigenvalue weighted by Gasteiger charge is -2.14. The number of benzene rings is 1. The molecule has 1 aromatic carbocycles. The summed E-state index contributed by atoms with van der Waals surface area (Å²) in [4.78, 5) is 0. The number of hydrogen-bond donors (Lipinski definition) is 1. The zero-order valence-electron chi connectivity index (χ0n) is 15.8. The number of aliphatic hydroxyl groups is 1. The molecule has 24 heavy (non-hydrogen) atoms. The highest BCUT2D eigenvalue weighted by atomic mass is 16.5. The minimum atomic E-state index is 0.214. The van der Waals surface area contributed by atoms with Gasteiger partial charge < -0.3 is 14.6 Å². The zero-order chi connectivity index (χ0) is 18.1. The molecular weight excluding hydrogens is 300 g/mol. The lowest BCUT2D eigenvalue weighted by Crippen LogP contribution is -1.99. The van der Waals surface area contributed by atoms with Crippen molar-refractivity contribution in [3.63, 3.8) is 0 Å². The van der Waals surface area contributed by atoms with Gasteiger partial charge in [-0.3, -0.25) is 0 Å². The van der Waals surface area contributed by atoms with E-state index in [1.807, 2.05) is 12.1 Å². The average molecular weight is 330 g/mol. The molecule has 0 aromatic heterocycles. The van der Waals surface area contributed by atoms with E-state index in [0.29, 0.717) is 5.56 Å². The second-order valence-corrected chi connectivity index (χ2v) is 6.11. The Bertz CT molecular complexity index is 607. The van der Waals surface area contributed by atoms with Gasteiger partial charge in [-0.2, -0.15) is 0 Å². The van der Waals surface area contributed by atoms with Gasteiger partial charge in [0, 0.05) is 11.1 Å². The summed E-state index contributed by atoms with van der Waals surface area (Å²) in [5.74, 6) is 1.67. The van der Waals surface area contributed by atoms with Gasteiger partial charge in [0.1, 0.15) is 17.3 Å². The van der Waals surface area contributed by atoms with Gasteiger partial charge in [0.05, 0.1) is 14.2 Å². The summed E-state index contributed by atoms with van der Waals surface area (Å²) in [5.41, 5.74) is 4.39. The van der Waals surface area contributed by atoms with Gasteiger partial charge in [-0.25, -0.2) is 0 Å². The summed E-state index contributed by atoms with van der Waals surface area (Å²) in [6.07, 6.45) is 8.98. The van der Waals surface area contributed by atoms with Gasteiger partial charge in [0.15, 0.2) is 0 Å². The number of ether oxygens (including phenoxy) is 2. The van der Waals surface area contributed by atoms with E-state index in [9.17, 15) is 5.11 Å². The molecule has 0 fully saturated rings. The van der Waals surface area contributed by atoms with Gasteiger partial charge >= 0.3 is 0 Å². The van der Waals surface area contributed by atoms with Crippen molar-refractivity contribution in [2.45, 2.75) is 47.0 Å². The molecule has 0 bridgehead atoms. The minimum absolute atomic E-state index is 0.214. The first-order valence-electron chi connectivity index (χ1n) is 8.32. The fraction of sp³-hybridized carbons (Fsp3) is 0.429. The molecule has 0 heterocycles. The maximum absolute atomic E-state index is 9.95. The summed E-state index contributed by atoms with van der Waals surface area (Å²) in [7, 11) is 3.28. The van der Waals surface area contributed by atoms with Crippen molar-refractivity contribution >= 4 is 5.76 Å². The van der Waals surface area contributed by atoms with Crippen molar-refractivity contribution < 1.29 is 14.6 Å². The van der Waals surface area contributed by atoms with E-state index in [0.717, 1.165) is 36.3 Å². The first-order chi connectivity index (χ1) is 11.4. The Balaban J connectivity index is 3.03. The number of aliphatic hydroxyl groups excluding tert-OH is 1. The van der Waals surface area contributed by atoms with Crippen LogP contribution in [0.2, 0.25) is 0 Å². The molecule has 3 heteroatoms. The maximum atomic E-state index is 9.95. The van der Waals surface area contributed by atoms with E-state index >= 15 is 0 Å². The molecule has 0 spiro atoms. The van der Waals surface area contributed by atoms with Crippen molar-refractivity contribution in [3.8, 4) is 11.5 Å². The Morgan fingerprint density at radius 2 is 1.62 bits per heavy atom. The molecule has 1 N–H and O–H groups in total. The third-order valence-electron chi connectivity index (χ3n) is 3.92. The van der Waals surface area contributed by atoms with Crippen LogP contribution in [0, 0.1) is 0 Å². The number of rotatable bonds is 8. The van der Waals surface area contributed by atoms with Gasteiger partial charge in [0.25, 0.3) is 0 Å². The molecule has 1 aromatic rings. The standard InChI is InChI=1S/C21H30O3/c1-7-19(22)17-13-20(23-5)18(21(14-17)24-6)12-11-16(4)10-8-9-15(2)3/h7,9,11,13-14,22H,8,10,12H2,1-6H3/b16-11+,19-7?. The van der Waals surface area contributed by atoms with Crippen LogP contribution in [0.3, 0.4) is 0 Å². The van der Waals surface area contributed by atoms with Crippen LogP contribution in [0.25, 0.3) is 5.76 Å². The van der Waals surface area contributed by atoms with Gasteiger partial charge in [-0.15, -0.1) is 0 Å². The van der Waals surface area contributed by atoms with Crippen molar-refractivity contribution in [1.82, 2.24) is 0 Å². The van der Waals surface area contributed by atoms with Gasteiger partial charge in [-0.1, -0.05) is 23.3 Å². The van der Waals surface area contributed by atoms with E-state index in [4.69, 9.17) is 9.47 Å². The van der Waals surface area contributed by atoms with Crippen LogP contribution in [-0.2, 0) is 6.42 Å². The molecule has 1 rings (SSSR count). The van der Waals surface area contributed by atoms with Crippen molar-refractivity contribution in [3.05, 3.63) is 52.6 Å². The molecule has 0 saturated heterocycles. The number of allylic oxidation sites excluding steroid dienone is 5. The Kier molecular flexibility index (Phi) is 8.17. The van der Waals surface area contributed by atoms with Crippen LogP contribution in [0.1, 0.15) is 51.7 Å². The van der Waals surface area contributed by atoms with Crippen LogP contribution >= 0.6 is 0 Å². The molecule has 0 aliphatic carbocycles. The van der Waals surface area contributed by atoms with Crippen LogP contribution in [0.5, 0.6) is 11.5 Å². The van der Waals surface area contributed by atoms with Crippen LogP contribution in [0.15, 0.2) is 41.5 Å². The quantitative estimate of drug-likeness (QED) is 0.479. The average Bonchev–Trinajstić information content (AvgIpc) is 2.57. The molecule has 132 valence electrons. The lowest BCUT2D eigenvalue weighted by atomic mass is 10.0. The van der Waals surface area contributed by atoms with Crippen LogP contribution < -0.4 is 9.47 Å². The highest BCUT2D eigenvalue weighted by Gasteiger charge is 2.13. The molecular formula is C21H30O3. The van der Waals surface area contributed by atoms with E-state index in [2.05, 4.69) is 32.9 Å². The van der Waals surface area contributed by atoms with Crippen LogP contribution in [0.4, 0.5) is 0 Å². The van der Waals surface area contributed by atoms with Crippen molar-refractivity contribution in [2.24, 2.45) is 0 Å². The second kappa shape index (κ2) is 9.86. The monoisotopic (exact) mass is 330 g/mol. The molecule has 0 saturated carbocycles.